The van der Waals surface area contributed by atoms with Crippen LogP contribution in [0.5, 0.6) is 5.75 Å². The number of anilines is 1. The van der Waals surface area contributed by atoms with E-state index in [1.165, 1.54) is 0 Å². The fraction of sp³-hybridized carbons (Fsp3) is 0.476. The summed E-state index contributed by atoms with van der Waals surface area (Å²) in [5, 5.41) is 8.04. The molecule has 3 aromatic rings. The fourth-order valence-electron chi connectivity index (χ4n) is 2.90. The van der Waals surface area contributed by atoms with Gasteiger partial charge < -0.3 is 10.1 Å². The minimum Gasteiger partial charge on any atom is -0.488 e. The van der Waals surface area contributed by atoms with Crippen molar-refractivity contribution in [2.24, 2.45) is 0 Å². The minimum absolute atomic E-state index is 0.210. The Bertz CT molecular complexity index is 1050. The molecule has 0 fully saturated rings. The number of hydrogen-bond acceptors (Lipinski definition) is 5. The van der Waals surface area contributed by atoms with Gasteiger partial charge in [0.1, 0.15) is 16.7 Å². The molecule has 0 saturated carbocycles. The van der Waals surface area contributed by atoms with Crippen LogP contribution in [0.25, 0.3) is 11.0 Å². The van der Waals surface area contributed by atoms with Crippen molar-refractivity contribution in [3.05, 3.63) is 45.9 Å². The Labute approximate surface area is 165 Å². The van der Waals surface area contributed by atoms with Crippen LogP contribution in [0.2, 0.25) is 0 Å². The van der Waals surface area contributed by atoms with Gasteiger partial charge in [0.15, 0.2) is 5.65 Å². The summed E-state index contributed by atoms with van der Waals surface area (Å²) in [5.41, 5.74) is 1.90. The fourth-order valence-corrected chi connectivity index (χ4v) is 2.90. The van der Waals surface area contributed by atoms with Crippen LogP contribution in [0.1, 0.15) is 52.7 Å². The first-order valence-electron chi connectivity index (χ1n) is 9.45. The van der Waals surface area contributed by atoms with Gasteiger partial charge in [0.05, 0.1) is 11.7 Å². The van der Waals surface area contributed by atoms with Crippen LogP contribution < -0.4 is 15.6 Å². The minimum atomic E-state index is -0.298. The van der Waals surface area contributed by atoms with Crippen molar-refractivity contribution >= 4 is 17.0 Å². The predicted molar refractivity (Wildman–Crippen MR) is 112 cm³/mol. The van der Waals surface area contributed by atoms with E-state index in [4.69, 9.17) is 4.74 Å². The summed E-state index contributed by atoms with van der Waals surface area (Å²) in [5.74, 6) is 1.23. The molecule has 1 aromatic carbocycles. The summed E-state index contributed by atoms with van der Waals surface area (Å²) in [6, 6.07) is 6.09. The van der Waals surface area contributed by atoms with Gasteiger partial charge in [-0.15, -0.1) is 0 Å². The number of nitrogens with zero attached hydrogens (tertiary/aromatic N) is 3. The van der Waals surface area contributed by atoms with Gasteiger partial charge in [0.2, 0.25) is 5.95 Å². The third-order valence-corrected chi connectivity index (χ3v) is 4.16. The third kappa shape index (κ3) is 4.35. The molecule has 7 heteroatoms. The number of H-pyrrole nitrogens is 1. The molecule has 150 valence electrons. The second-order valence-corrected chi connectivity index (χ2v) is 9.06. The topological polar surface area (TPSA) is 84.8 Å². The second kappa shape index (κ2) is 6.96. The average molecular weight is 383 g/mol. The number of aromatic amines is 1. The average Bonchev–Trinajstić information content (AvgIpc) is 2.97. The first kappa shape index (κ1) is 19.9. The van der Waals surface area contributed by atoms with E-state index in [9.17, 15) is 4.79 Å². The Morgan fingerprint density at radius 1 is 1.18 bits per heavy atom. The zero-order valence-electron chi connectivity index (χ0n) is 17.7. The van der Waals surface area contributed by atoms with E-state index >= 15 is 0 Å². The standard InChI is InChI=1S/C21H29N5O2/c1-13-8-9-14(16(10-13)28-21(5,6)7)11-22-19-24-17-15(18(27)25-19)12-23-26(17)20(2,3)4/h8-10,12H,11H2,1-7H3,(H2,22,24,25,27). The molecule has 0 aliphatic rings. The summed E-state index contributed by atoms with van der Waals surface area (Å²) in [7, 11) is 0. The normalized spacial score (nSPS) is 12.4. The molecular weight excluding hydrogens is 354 g/mol. The maximum atomic E-state index is 12.4. The molecule has 2 aromatic heterocycles. The van der Waals surface area contributed by atoms with Crippen LogP contribution >= 0.6 is 0 Å². The number of fused-ring (bicyclic) bond motifs is 1. The molecule has 3 rings (SSSR count). The molecule has 0 atom stereocenters. The van der Waals surface area contributed by atoms with Crippen molar-refractivity contribution in [1.82, 2.24) is 19.7 Å². The Kier molecular flexibility index (Phi) is 4.95. The lowest BCUT2D eigenvalue weighted by molar-refractivity contribution is 0.129. The highest BCUT2D eigenvalue weighted by Crippen LogP contribution is 2.25. The van der Waals surface area contributed by atoms with Crippen LogP contribution in [-0.2, 0) is 12.1 Å². The monoisotopic (exact) mass is 383 g/mol. The van der Waals surface area contributed by atoms with Crippen molar-refractivity contribution in [3.8, 4) is 5.75 Å². The van der Waals surface area contributed by atoms with Crippen LogP contribution in [-0.4, -0.2) is 25.3 Å². The van der Waals surface area contributed by atoms with Gasteiger partial charge in [-0.25, -0.2) is 4.68 Å². The van der Waals surface area contributed by atoms with Gasteiger partial charge in [-0.3, -0.25) is 9.78 Å². The van der Waals surface area contributed by atoms with E-state index in [1.54, 1.807) is 10.9 Å². The van der Waals surface area contributed by atoms with Gasteiger partial charge in [0.25, 0.3) is 5.56 Å². The van der Waals surface area contributed by atoms with E-state index in [2.05, 4.69) is 20.4 Å². The molecule has 0 spiro atoms. The van der Waals surface area contributed by atoms with E-state index in [1.807, 2.05) is 66.7 Å². The first-order chi connectivity index (χ1) is 12.9. The Morgan fingerprint density at radius 3 is 2.54 bits per heavy atom. The number of nitrogens with one attached hydrogen (secondary N) is 2. The molecule has 0 amide bonds. The van der Waals surface area contributed by atoms with Crippen LogP contribution in [0.3, 0.4) is 0 Å². The molecule has 0 aliphatic carbocycles. The number of aromatic nitrogens is 4. The summed E-state index contributed by atoms with van der Waals surface area (Å²) in [6.45, 7) is 14.7. The van der Waals surface area contributed by atoms with E-state index < -0.39 is 0 Å². The third-order valence-electron chi connectivity index (χ3n) is 4.16. The Morgan fingerprint density at radius 2 is 1.89 bits per heavy atom. The molecule has 0 aliphatic heterocycles. The zero-order valence-corrected chi connectivity index (χ0v) is 17.7. The van der Waals surface area contributed by atoms with Crippen molar-refractivity contribution in [2.75, 3.05) is 5.32 Å². The predicted octanol–water partition coefficient (Wildman–Crippen LogP) is 3.97. The number of hydrogen-bond donors (Lipinski definition) is 2. The van der Waals surface area contributed by atoms with Crippen molar-refractivity contribution in [2.45, 2.75) is 66.2 Å². The summed E-state index contributed by atoms with van der Waals surface area (Å²) >= 11 is 0. The molecule has 28 heavy (non-hydrogen) atoms. The molecule has 0 saturated heterocycles. The van der Waals surface area contributed by atoms with Crippen LogP contribution in [0, 0.1) is 6.92 Å². The number of ether oxygens (including phenoxy) is 1. The lowest BCUT2D eigenvalue weighted by Crippen LogP contribution is -2.24. The van der Waals surface area contributed by atoms with E-state index in [0.717, 1.165) is 16.9 Å². The second-order valence-electron chi connectivity index (χ2n) is 9.06. The van der Waals surface area contributed by atoms with Gasteiger partial charge in [-0.2, -0.15) is 10.1 Å². The smallest absolute Gasteiger partial charge is 0.263 e. The van der Waals surface area contributed by atoms with Gasteiger partial charge in [-0.05, 0) is 60.1 Å². The molecule has 0 bridgehead atoms. The number of rotatable bonds is 4. The lowest BCUT2D eigenvalue weighted by Gasteiger charge is -2.24. The number of benzene rings is 1. The van der Waals surface area contributed by atoms with Crippen molar-refractivity contribution in [3.63, 3.8) is 0 Å². The molecule has 0 radical (unpaired) electrons. The van der Waals surface area contributed by atoms with Crippen LogP contribution in [0.15, 0.2) is 29.2 Å². The molecular formula is C21H29N5O2. The highest BCUT2D eigenvalue weighted by Gasteiger charge is 2.20. The van der Waals surface area contributed by atoms with E-state index in [0.29, 0.717) is 23.5 Å². The van der Waals surface area contributed by atoms with Gasteiger partial charge in [-0.1, -0.05) is 12.1 Å². The Balaban J connectivity index is 1.91. The highest BCUT2D eigenvalue weighted by molar-refractivity contribution is 5.74. The highest BCUT2D eigenvalue weighted by atomic mass is 16.5. The van der Waals surface area contributed by atoms with Crippen molar-refractivity contribution < 1.29 is 4.74 Å². The Hall–Kier alpha value is -2.83. The lowest BCUT2D eigenvalue weighted by atomic mass is 10.1. The first-order valence-corrected chi connectivity index (χ1v) is 9.45. The molecule has 0 unspecified atom stereocenters. The largest absolute Gasteiger partial charge is 0.488 e. The zero-order chi connectivity index (χ0) is 20.7. The van der Waals surface area contributed by atoms with E-state index in [-0.39, 0.29) is 16.7 Å². The van der Waals surface area contributed by atoms with Crippen LogP contribution in [0.4, 0.5) is 5.95 Å². The van der Waals surface area contributed by atoms with Crippen molar-refractivity contribution in [1.29, 1.82) is 0 Å². The SMILES string of the molecule is Cc1ccc(CNc2nc3c(cnn3C(C)(C)C)c(=O)[nH]2)c(OC(C)(C)C)c1. The molecule has 2 heterocycles. The maximum absolute atomic E-state index is 12.4. The summed E-state index contributed by atoms with van der Waals surface area (Å²) < 4.78 is 7.87. The maximum Gasteiger partial charge on any atom is 0.263 e. The number of aryl methyl sites for hydroxylation is 1. The van der Waals surface area contributed by atoms with Gasteiger partial charge >= 0.3 is 0 Å². The van der Waals surface area contributed by atoms with Gasteiger partial charge in [0, 0.05) is 12.1 Å². The summed E-state index contributed by atoms with van der Waals surface area (Å²) in [6.07, 6.45) is 1.56. The molecule has 7 nitrogen and oxygen atoms in total. The quantitative estimate of drug-likeness (QED) is 0.712. The molecule has 2 N–H and O–H groups in total. The summed E-state index contributed by atoms with van der Waals surface area (Å²) in [4.78, 5) is 19.8.